The van der Waals surface area contributed by atoms with Crippen molar-refractivity contribution in [3.05, 3.63) is 16.3 Å². The summed E-state index contributed by atoms with van der Waals surface area (Å²) in [7, 11) is 3.10. The van der Waals surface area contributed by atoms with Gasteiger partial charge in [-0.25, -0.2) is 4.79 Å². The van der Waals surface area contributed by atoms with E-state index in [1.54, 1.807) is 18.5 Å². The molecule has 1 rings (SSSR count). The standard InChI is InChI=1S/C11H16N2O3S/c1-7(6-12-2)10(14)13-8-4-5-17-9(8)11(15)16-3/h4-5,7,12H,6H2,1-3H3,(H,13,14). The third-order valence-corrected chi connectivity index (χ3v) is 3.15. The number of hydrogen-bond acceptors (Lipinski definition) is 5. The molecule has 0 aromatic carbocycles. The van der Waals surface area contributed by atoms with E-state index in [1.165, 1.54) is 18.4 Å². The van der Waals surface area contributed by atoms with Crippen LogP contribution in [0.5, 0.6) is 0 Å². The first kappa shape index (κ1) is 13.7. The largest absolute Gasteiger partial charge is 0.465 e. The van der Waals surface area contributed by atoms with Crippen molar-refractivity contribution >= 4 is 28.9 Å². The number of thiophene rings is 1. The van der Waals surface area contributed by atoms with Crippen molar-refractivity contribution in [2.24, 2.45) is 5.92 Å². The lowest BCUT2D eigenvalue weighted by molar-refractivity contribution is -0.119. The van der Waals surface area contributed by atoms with Gasteiger partial charge in [-0.15, -0.1) is 11.3 Å². The molecule has 0 aliphatic rings. The van der Waals surface area contributed by atoms with Gasteiger partial charge >= 0.3 is 5.97 Å². The first-order valence-corrected chi connectivity index (χ1v) is 6.09. The van der Waals surface area contributed by atoms with Crippen LogP contribution < -0.4 is 10.6 Å². The molecule has 17 heavy (non-hydrogen) atoms. The Morgan fingerprint density at radius 3 is 2.82 bits per heavy atom. The summed E-state index contributed by atoms with van der Waals surface area (Å²) >= 11 is 1.24. The Bertz CT molecular complexity index is 403. The zero-order valence-electron chi connectivity index (χ0n) is 10.1. The topological polar surface area (TPSA) is 67.4 Å². The number of ether oxygens (including phenoxy) is 1. The predicted octanol–water partition coefficient (Wildman–Crippen LogP) is 1.33. The molecule has 1 atom stereocenters. The van der Waals surface area contributed by atoms with Crippen LogP contribution in [0.15, 0.2) is 11.4 Å². The third-order valence-electron chi connectivity index (χ3n) is 2.25. The van der Waals surface area contributed by atoms with Gasteiger partial charge in [0, 0.05) is 12.5 Å². The minimum atomic E-state index is -0.434. The number of amides is 1. The number of esters is 1. The zero-order valence-corrected chi connectivity index (χ0v) is 10.9. The molecule has 1 heterocycles. The van der Waals surface area contributed by atoms with Gasteiger partial charge in [0.05, 0.1) is 12.8 Å². The van der Waals surface area contributed by atoms with Gasteiger partial charge in [0.15, 0.2) is 0 Å². The number of methoxy groups -OCH3 is 1. The van der Waals surface area contributed by atoms with Crippen molar-refractivity contribution in [2.75, 3.05) is 26.0 Å². The lowest BCUT2D eigenvalue weighted by atomic mass is 10.1. The lowest BCUT2D eigenvalue weighted by Gasteiger charge is -2.11. The molecule has 2 N–H and O–H groups in total. The Kier molecular flexibility index (Phi) is 5.11. The highest BCUT2D eigenvalue weighted by Gasteiger charge is 2.18. The van der Waals surface area contributed by atoms with Crippen LogP contribution in [0.1, 0.15) is 16.6 Å². The summed E-state index contributed by atoms with van der Waals surface area (Å²) in [6.45, 7) is 2.40. The van der Waals surface area contributed by atoms with Gasteiger partial charge in [-0.05, 0) is 18.5 Å². The highest BCUT2D eigenvalue weighted by atomic mass is 32.1. The fourth-order valence-corrected chi connectivity index (χ4v) is 2.08. The minimum Gasteiger partial charge on any atom is -0.465 e. The fourth-order valence-electron chi connectivity index (χ4n) is 1.31. The van der Waals surface area contributed by atoms with Gasteiger partial charge in [0.25, 0.3) is 0 Å². The van der Waals surface area contributed by atoms with Crippen molar-refractivity contribution in [2.45, 2.75) is 6.92 Å². The van der Waals surface area contributed by atoms with Gasteiger partial charge in [-0.1, -0.05) is 6.92 Å². The average Bonchev–Trinajstić information content (AvgIpc) is 2.76. The number of carbonyl (C=O) groups excluding carboxylic acids is 2. The quantitative estimate of drug-likeness (QED) is 0.780. The first-order chi connectivity index (χ1) is 8.10. The Morgan fingerprint density at radius 2 is 2.24 bits per heavy atom. The van der Waals surface area contributed by atoms with E-state index >= 15 is 0 Å². The van der Waals surface area contributed by atoms with E-state index in [9.17, 15) is 9.59 Å². The van der Waals surface area contributed by atoms with Crippen molar-refractivity contribution in [1.82, 2.24) is 5.32 Å². The molecular formula is C11H16N2O3S. The van der Waals surface area contributed by atoms with Crippen LogP contribution in [0.25, 0.3) is 0 Å². The smallest absolute Gasteiger partial charge is 0.350 e. The molecular weight excluding hydrogens is 240 g/mol. The van der Waals surface area contributed by atoms with E-state index in [2.05, 4.69) is 15.4 Å². The number of carbonyl (C=O) groups is 2. The van der Waals surface area contributed by atoms with Crippen LogP contribution in [0.2, 0.25) is 0 Å². The Morgan fingerprint density at radius 1 is 1.53 bits per heavy atom. The maximum Gasteiger partial charge on any atom is 0.350 e. The van der Waals surface area contributed by atoms with Gasteiger partial charge in [-0.3, -0.25) is 4.79 Å². The monoisotopic (exact) mass is 256 g/mol. The minimum absolute atomic E-state index is 0.122. The van der Waals surface area contributed by atoms with Crippen LogP contribution in [-0.4, -0.2) is 32.6 Å². The van der Waals surface area contributed by atoms with E-state index < -0.39 is 5.97 Å². The molecule has 0 saturated carbocycles. The Hall–Kier alpha value is -1.40. The summed E-state index contributed by atoms with van der Waals surface area (Å²) in [6, 6.07) is 1.70. The normalized spacial score (nSPS) is 11.9. The molecule has 1 amide bonds. The van der Waals surface area contributed by atoms with Crippen molar-refractivity contribution in [1.29, 1.82) is 0 Å². The molecule has 0 fully saturated rings. The van der Waals surface area contributed by atoms with Gasteiger partial charge < -0.3 is 15.4 Å². The molecule has 6 heteroatoms. The highest BCUT2D eigenvalue weighted by Crippen LogP contribution is 2.23. The van der Waals surface area contributed by atoms with Crippen LogP contribution in [0.3, 0.4) is 0 Å². The molecule has 0 saturated heterocycles. The number of hydrogen-bond donors (Lipinski definition) is 2. The first-order valence-electron chi connectivity index (χ1n) is 5.21. The van der Waals surface area contributed by atoms with E-state index in [4.69, 9.17) is 0 Å². The summed E-state index contributed by atoms with van der Waals surface area (Å²) in [5, 5.41) is 7.39. The SMILES string of the molecule is CNCC(C)C(=O)Nc1ccsc1C(=O)OC. The van der Waals surface area contributed by atoms with E-state index in [0.717, 1.165) is 0 Å². The van der Waals surface area contributed by atoms with E-state index in [-0.39, 0.29) is 11.8 Å². The van der Waals surface area contributed by atoms with E-state index in [1.807, 2.05) is 6.92 Å². The molecule has 94 valence electrons. The second-order valence-corrected chi connectivity index (χ2v) is 4.52. The summed E-state index contributed by atoms with van der Waals surface area (Å²) in [5.41, 5.74) is 0.509. The number of nitrogens with one attached hydrogen (secondary N) is 2. The highest BCUT2D eigenvalue weighted by molar-refractivity contribution is 7.12. The van der Waals surface area contributed by atoms with E-state index in [0.29, 0.717) is 17.1 Å². The molecule has 1 aromatic heterocycles. The van der Waals surface area contributed by atoms with Gasteiger partial charge in [0.2, 0.25) is 5.91 Å². The van der Waals surface area contributed by atoms with Crippen LogP contribution >= 0.6 is 11.3 Å². The molecule has 1 aromatic rings. The Labute approximate surface area is 104 Å². The van der Waals surface area contributed by atoms with Gasteiger partial charge in [0.1, 0.15) is 4.88 Å². The second kappa shape index (κ2) is 6.36. The van der Waals surface area contributed by atoms with Crippen molar-refractivity contribution in [3.8, 4) is 0 Å². The Balaban J connectivity index is 2.72. The summed E-state index contributed by atoms with van der Waals surface area (Å²) in [5.74, 6) is -0.718. The van der Waals surface area contributed by atoms with Crippen molar-refractivity contribution < 1.29 is 14.3 Å². The number of rotatable bonds is 5. The maximum absolute atomic E-state index is 11.8. The maximum atomic E-state index is 11.8. The van der Waals surface area contributed by atoms with Crippen LogP contribution in [0.4, 0.5) is 5.69 Å². The third kappa shape index (κ3) is 3.54. The van der Waals surface area contributed by atoms with Gasteiger partial charge in [-0.2, -0.15) is 0 Å². The molecule has 1 unspecified atom stereocenters. The van der Waals surface area contributed by atoms with Crippen molar-refractivity contribution in [3.63, 3.8) is 0 Å². The molecule has 0 aliphatic carbocycles. The summed E-state index contributed by atoms with van der Waals surface area (Å²) in [6.07, 6.45) is 0. The summed E-state index contributed by atoms with van der Waals surface area (Å²) in [4.78, 5) is 23.6. The molecule has 0 aliphatic heterocycles. The lowest BCUT2D eigenvalue weighted by Crippen LogP contribution is -2.28. The average molecular weight is 256 g/mol. The molecule has 0 bridgehead atoms. The fraction of sp³-hybridized carbons (Fsp3) is 0.455. The predicted molar refractivity (Wildman–Crippen MR) is 67.4 cm³/mol. The van der Waals surface area contributed by atoms with Crippen LogP contribution in [0, 0.1) is 5.92 Å². The molecule has 0 radical (unpaired) electrons. The molecule has 0 spiro atoms. The summed E-state index contributed by atoms with van der Waals surface area (Å²) < 4.78 is 4.63. The number of anilines is 1. The van der Waals surface area contributed by atoms with Crippen LogP contribution in [-0.2, 0) is 9.53 Å². The zero-order chi connectivity index (χ0) is 12.8. The molecule has 5 nitrogen and oxygen atoms in total. The second-order valence-electron chi connectivity index (χ2n) is 3.60.